The Balaban J connectivity index is 2.50. The Morgan fingerprint density at radius 3 is 2.36 bits per heavy atom. The van der Waals surface area contributed by atoms with E-state index in [9.17, 15) is 0 Å². The van der Waals surface area contributed by atoms with Gasteiger partial charge in [0.15, 0.2) is 0 Å². The Labute approximate surface area is 181 Å². The van der Waals surface area contributed by atoms with Crippen LogP contribution >= 0.6 is 15.9 Å². The molecular weight excluding hydrogens is 428 g/mol. The Morgan fingerprint density at radius 2 is 1.82 bits per heavy atom. The smallest absolute Gasteiger partial charge is 0.250 e. The molecule has 1 aliphatic carbocycles. The average molecular weight is 466 g/mol. The maximum atomic E-state index is 6.76. The third-order valence-electron chi connectivity index (χ3n) is 6.74. The van der Waals surface area contributed by atoms with E-state index >= 15 is 0 Å². The van der Waals surface area contributed by atoms with Gasteiger partial charge in [0.25, 0.3) is 0 Å². The van der Waals surface area contributed by atoms with Gasteiger partial charge >= 0.3 is 0 Å². The fourth-order valence-electron chi connectivity index (χ4n) is 3.47. The van der Waals surface area contributed by atoms with Crippen LogP contribution in [0.1, 0.15) is 53.5 Å². The van der Waals surface area contributed by atoms with Crippen molar-refractivity contribution in [1.82, 2.24) is 0 Å². The summed E-state index contributed by atoms with van der Waals surface area (Å²) < 4.78 is 13.3. The molecule has 0 fully saturated rings. The fraction of sp³-hybridized carbons (Fsp3) is 0.583. The van der Waals surface area contributed by atoms with Crippen LogP contribution in [-0.4, -0.2) is 15.4 Å². The minimum Gasteiger partial charge on any atom is -0.543 e. The highest BCUT2D eigenvalue weighted by Crippen LogP contribution is 2.47. The molecule has 1 aromatic carbocycles. The Bertz CT molecular complexity index is 785. The molecule has 0 heterocycles. The number of rotatable bonds is 5. The second kappa shape index (κ2) is 8.02. The van der Waals surface area contributed by atoms with Crippen LogP contribution < -0.4 is 9.16 Å². The van der Waals surface area contributed by atoms with Crippen LogP contribution in [-0.2, 0) is 6.42 Å². The van der Waals surface area contributed by atoms with E-state index in [-0.39, 0.29) is 10.5 Å². The van der Waals surface area contributed by atoms with Gasteiger partial charge in [-0.2, -0.15) is 0 Å². The zero-order chi connectivity index (χ0) is 21.5. The molecule has 28 heavy (non-hydrogen) atoms. The molecule has 0 N–H and O–H groups in total. The summed E-state index contributed by atoms with van der Waals surface area (Å²) in [5, 5.41) is 0.143. The van der Waals surface area contributed by atoms with Gasteiger partial charge < -0.3 is 9.16 Å². The lowest BCUT2D eigenvalue weighted by Crippen LogP contribution is -2.44. The minimum atomic E-state index is -1.96. The summed E-state index contributed by atoms with van der Waals surface area (Å²) in [5.41, 5.74) is 3.95. The molecular formula is C24H37BrO2Si. The highest BCUT2D eigenvalue weighted by molar-refractivity contribution is 9.10. The molecule has 2 rings (SSSR count). The number of benzene rings is 1. The van der Waals surface area contributed by atoms with Gasteiger partial charge in [0.1, 0.15) is 11.5 Å². The largest absolute Gasteiger partial charge is 0.543 e. The molecule has 0 aromatic heterocycles. The van der Waals surface area contributed by atoms with Crippen LogP contribution in [0.2, 0.25) is 18.1 Å². The van der Waals surface area contributed by atoms with Crippen molar-refractivity contribution in [3.05, 3.63) is 46.0 Å². The zero-order valence-electron chi connectivity index (χ0n) is 19.1. The third-order valence-corrected chi connectivity index (χ3v) is 11.7. The molecule has 156 valence electrons. The Morgan fingerprint density at radius 1 is 1.21 bits per heavy atom. The molecule has 0 bridgehead atoms. The van der Waals surface area contributed by atoms with Crippen LogP contribution in [0.15, 0.2) is 40.4 Å². The predicted octanol–water partition coefficient (Wildman–Crippen LogP) is 7.93. The van der Waals surface area contributed by atoms with Crippen molar-refractivity contribution >= 4 is 24.2 Å². The normalized spacial score (nSPS) is 20.0. The first kappa shape index (κ1) is 23.3. The number of ether oxygens (including phenoxy) is 1. The van der Waals surface area contributed by atoms with E-state index < -0.39 is 8.32 Å². The molecule has 1 aromatic rings. The predicted molar refractivity (Wildman–Crippen MR) is 127 cm³/mol. The van der Waals surface area contributed by atoms with E-state index in [0.29, 0.717) is 5.92 Å². The lowest BCUT2D eigenvalue weighted by Gasteiger charge is -2.41. The van der Waals surface area contributed by atoms with Crippen LogP contribution in [0.3, 0.4) is 0 Å². The maximum Gasteiger partial charge on any atom is 0.250 e. The van der Waals surface area contributed by atoms with Gasteiger partial charge in [0.2, 0.25) is 8.32 Å². The SMILES string of the molecule is C=C1C(C)=CCC(C)(C)[C@@H]1Cc1cc(OC)c(Br)cc1O[Si](C)(C)C(C)(C)C. The summed E-state index contributed by atoms with van der Waals surface area (Å²) in [7, 11) is -0.238. The van der Waals surface area contributed by atoms with E-state index in [2.05, 4.69) is 95.4 Å². The molecule has 0 saturated heterocycles. The van der Waals surface area contributed by atoms with Crippen molar-refractivity contribution in [2.75, 3.05) is 7.11 Å². The van der Waals surface area contributed by atoms with Gasteiger partial charge in [0.05, 0.1) is 11.6 Å². The summed E-state index contributed by atoms with van der Waals surface area (Å²) in [6.45, 7) is 22.7. The van der Waals surface area contributed by atoms with Crippen molar-refractivity contribution < 1.29 is 9.16 Å². The summed E-state index contributed by atoms with van der Waals surface area (Å²) in [5.74, 6) is 2.21. The van der Waals surface area contributed by atoms with Gasteiger partial charge in [-0.1, -0.05) is 52.8 Å². The van der Waals surface area contributed by atoms with Crippen molar-refractivity contribution in [1.29, 1.82) is 0 Å². The molecule has 0 saturated carbocycles. The molecule has 0 amide bonds. The summed E-state index contributed by atoms with van der Waals surface area (Å²) in [6, 6.07) is 4.24. The Hall–Kier alpha value is -1.00. The monoisotopic (exact) mass is 464 g/mol. The lowest BCUT2D eigenvalue weighted by molar-refractivity contribution is 0.240. The molecule has 0 spiro atoms. The molecule has 4 heteroatoms. The molecule has 1 atom stereocenters. The highest BCUT2D eigenvalue weighted by Gasteiger charge is 2.40. The molecule has 0 aliphatic heterocycles. The van der Waals surface area contributed by atoms with E-state index in [1.165, 1.54) is 16.7 Å². The third kappa shape index (κ3) is 4.76. The van der Waals surface area contributed by atoms with E-state index in [1.54, 1.807) is 7.11 Å². The van der Waals surface area contributed by atoms with Gasteiger partial charge in [-0.05, 0) is 88.4 Å². The van der Waals surface area contributed by atoms with Gasteiger partial charge in [0, 0.05) is 0 Å². The summed E-state index contributed by atoms with van der Waals surface area (Å²) in [4.78, 5) is 0. The first-order chi connectivity index (χ1) is 12.7. The van der Waals surface area contributed by atoms with Crippen molar-refractivity contribution in [2.24, 2.45) is 11.3 Å². The van der Waals surface area contributed by atoms with Crippen molar-refractivity contribution in [2.45, 2.75) is 72.5 Å². The zero-order valence-corrected chi connectivity index (χ0v) is 21.7. The Kier molecular flexibility index (Phi) is 6.67. The molecule has 0 unspecified atom stereocenters. The number of methoxy groups -OCH3 is 1. The van der Waals surface area contributed by atoms with Gasteiger partial charge in [-0.3, -0.25) is 0 Å². The summed E-state index contributed by atoms with van der Waals surface area (Å²) >= 11 is 3.65. The van der Waals surface area contributed by atoms with E-state index in [4.69, 9.17) is 9.16 Å². The number of allylic oxidation sites excluding steroid dienone is 3. The average Bonchev–Trinajstić information content (AvgIpc) is 2.55. The van der Waals surface area contributed by atoms with Crippen LogP contribution in [0.4, 0.5) is 0 Å². The fourth-order valence-corrected chi connectivity index (χ4v) is 5.00. The van der Waals surface area contributed by atoms with E-state index in [1.807, 2.05) is 0 Å². The van der Waals surface area contributed by atoms with Crippen LogP contribution in [0.25, 0.3) is 0 Å². The maximum absolute atomic E-state index is 6.76. The summed E-state index contributed by atoms with van der Waals surface area (Å²) in [6.07, 6.45) is 4.31. The van der Waals surface area contributed by atoms with Crippen molar-refractivity contribution in [3.63, 3.8) is 0 Å². The quantitative estimate of drug-likeness (QED) is 0.411. The second-order valence-electron chi connectivity index (χ2n) is 10.3. The lowest BCUT2D eigenvalue weighted by atomic mass is 9.65. The highest BCUT2D eigenvalue weighted by atomic mass is 79.9. The first-order valence-corrected chi connectivity index (χ1v) is 13.8. The standard InChI is InChI=1S/C24H37BrO2Si/c1-16-11-12-24(6,7)19(17(16)2)13-18-14-22(26-8)20(25)15-21(18)27-28(9,10)23(3,4)5/h11,14-15,19H,2,12-13H2,1,3-10H3/t19-/m1/s1. The number of hydrogen-bond acceptors (Lipinski definition) is 2. The van der Waals surface area contributed by atoms with Gasteiger partial charge in [-0.15, -0.1) is 0 Å². The molecule has 2 nitrogen and oxygen atoms in total. The van der Waals surface area contributed by atoms with Crippen LogP contribution in [0, 0.1) is 11.3 Å². The van der Waals surface area contributed by atoms with E-state index in [0.717, 1.165) is 28.8 Å². The second-order valence-corrected chi connectivity index (χ2v) is 15.9. The molecule has 0 radical (unpaired) electrons. The number of hydrogen-bond donors (Lipinski definition) is 0. The minimum absolute atomic E-state index is 0.143. The first-order valence-electron chi connectivity index (χ1n) is 10.1. The van der Waals surface area contributed by atoms with Gasteiger partial charge in [-0.25, -0.2) is 0 Å². The number of halogens is 1. The molecule has 1 aliphatic rings. The van der Waals surface area contributed by atoms with Crippen LogP contribution in [0.5, 0.6) is 11.5 Å². The van der Waals surface area contributed by atoms with Crippen molar-refractivity contribution in [3.8, 4) is 11.5 Å². The topological polar surface area (TPSA) is 18.5 Å².